The number of allylic oxidation sites excluding steroid dienone is 5. The number of nitrogens with zero attached hydrogens (tertiary/aromatic N) is 1. The highest BCUT2D eigenvalue weighted by Gasteiger charge is 2.11. The number of hydrogen-bond donors (Lipinski definition) is 2. The second-order valence-corrected chi connectivity index (χ2v) is 3.89. The van der Waals surface area contributed by atoms with Gasteiger partial charge in [-0.2, -0.15) is 5.26 Å². The monoisotopic (exact) mass is 221 g/mol. The summed E-state index contributed by atoms with van der Waals surface area (Å²) in [6, 6.07) is 1.99. The molecule has 0 spiro atoms. The maximum absolute atomic E-state index is 9.28. The zero-order valence-corrected chi connectivity index (χ0v) is 9.14. The molecule has 15 heavy (non-hydrogen) atoms. The van der Waals surface area contributed by atoms with Gasteiger partial charge in [0.1, 0.15) is 11.8 Å². The lowest BCUT2D eigenvalue weighted by atomic mass is 10.00. The molecule has 0 aromatic rings. The first kappa shape index (κ1) is 11.5. The van der Waals surface area contributed by atoms with Crippen LogP contribution in [0.2, 0.25) is 0 Å². The van der Waals surface area contributed by atoms with E-state index in [1.165, 1.54) is 6.08 Å². The number of nitriles is 1. The van der Waals surface area contributed by atoms with Crippen LogP contribution in [0.3, 0.4) is 0 Å². The summed E-state index contributed by atoms with van der Waals surface area (Å²) in [4.78, 5) is 0.525. The number of thiocarbonyl (C=S) groups is 1. The van der Waals surface area contributed by atoms with Gasteiger partial charge in [-0.15, -0.1) is 0 Å². The van der Waals surface area contributed by atoms with E-state index < -0.39 is 0 Å². The van der Waals surface area contributed by atoms with Crippen LogP contribution in [-0.2, 0) is 0 Å². The Hall–Kier alpha value is -1.60. The predicted molar refractivity (Wildman–Crippen MR) is 61.6 cm³/mol. The molecular formula is C11H11NO2S. The van der Waals surface area contributed by atoms with Gasteiger partial charge in [0.2, 0.25) is 0 Å². The molecule has 0 atom stereocenters. The molecule has 1 aliphatic rings. The van der Waals surface area contributed by atoms with Crippen LogP contribution in [0.1, 0.15) is 19.8 Å². The minimum atomic E-state index is -0.133. The Bertz CT molecular complexity index is 424. The van der Waals surface area contributed by atoms with Crippen molar-refractivity contribution < 1.29 is 10.2 Å². The molecule has 78 valence electrons. The Morgan fingerprint density at radius 3 is 2.67 bits per heavy atom. The summed E-state index contributed by atoms with van der Waals surface area (Å²) in [6.45, 7) is 1.68. The lowest BCUT2D eigenvalue weighted by Crippen LogP contribution is -1.99. The van der Waals surface area contributed by atoms with Gasteiger partial charge < -0.3 is 10.2 Å². The maximum Gasteiger partial charge on any atom is 0.153 e. The van der Waals surface area contributed by atoms with E-state index in [4.69, 9.17) is 22.6 Å². The molecule has 0 radical (unpaired) electrons. The van der Waals surface area contributed by atoms with Gasteiger partial charge in [0, 0.05) is 11.3 Å². The fourth-order valence-electron chi connectivity index (χ4n) is 1.23. The van der Waals surface area contributed by atoms with Crippen LogP contribution < -0.4 is 0 Å². The zero-order chi connectivity index (χ0) is 11.4. The normalized spacial score (nSPS) is 17.1. The third-order valence-corrected chi connectivity index (χ3v) is 2.32. The summed E-state index contributed by atoms with van der Waals surface area (Å²) < 4.78 is 0. The Balaban J connectivity index is 2.98. The lowest BCUT2D eigenvalue weighted by Gasteiger charge is -2.10. The van der Waals surface area contributed by atoms with Crippen molar-refractivity contribution in [2.75, 3.05) is 0 Å². The summed E-state index contributed by atoms with van der Waals surface area (Å²) >= 11 is 4.90. The fourth-order valence-corrected chi connectivity index (χ4v) is 1.34. The molecule has 0 aliphatic heterocycles. The lowest BCUT2D eigenvalue weighted by molar-refractivity contribution is 0.318. The molecule has 1 aliphatic carbocycles. The molecular weight excluding hydrogens is 210 g/mol. The standard InChI is InChI=1S/C11H11NO2S/c1-7(15)9(6-12)4-8-2-3-10(13)11(14)5-8/h4-5,13-14H,2-3H2,1H3/b9-4+. The third kappa shape index (κ3) is 2.93. The molecule has 0 saturated carbocycles. The molecule has 4 heteroatoms. The van der Waals surface area contributed by atoms with Crippen LogP contribution in [-0.4, -0.2) is 15.1 Å². The highest BCUT2D eigenvalue weighted by Crippen LogP contribution is 2.22. The van der Waals surface area contributed by atoms with Crippen molar-refractivity contribution in [3.63, 3.8) is 0 Å². The molecule has 0 amide bonds. The van der Waals surface area contributed by atoms with Crippen LogP contribution in [0, 0.1) is 11.3 Å². The molecule has 0 bridgehead atoms. The van der Waals surface area contributed by atoms with E-state index in [2.05, 4.69) is 0 Å². The number of rotatable bonds is 2. The molecule has 0 saturated heterocycles. The number of aliphatic hydroxyl groups is 2. The van der Waals surface area contributed by atoms with Crippen LogP contribution in [0.4, 0.5) is 0 Å². The zero-order valence-electron chi connectivity index (χ0n) is 8.32. The summed E-state index contributed by atoms with van der Waals surface area (Å²) in [5.74, 6) is -0.142. The summed E-state index contributed by atoms with van der Waals surface area (Å²) in [5.41, 5.74) is 1.22. The average molecular weight is 221 g/mol. The largest absolute Gasteiger partial charge is 0.508 e. The number of aliphatic hydroxyl groups excluding tert-OH is 2. The van der Waals surface area contributed by atoms with E-state index in [0.717, 1.165) is 5.57 Å². The molecule has 0 heterocycles. The second kappa shape index (κ2) is 4.76. The molecule has 1 rings (SSSR count). The summed E-state index contributed by atoms with van der Waals surface area (Å²) in [5, 5.41) is 27.2. The second-order valence-electron chi connectivity index (χ2n) is 3.28. The highest BCUT2D eigenvalue weighted by atomic mass is 32.1. The van der Waals surface area contributed by atoms with Crippen LogP contribution in [0.25, 0.3) is 0 Å². The molecule has 0 fully saturated rings. The van der Waals surface area contributed by atoms with Crippen molar-refractivity contribution >= 4 is 17.1 Å². The van der Waals surface area contributed by atoms with Crippen molar-refractivity contribution in [1.82, 2.24) is 0 Å². The van der Waals surface area contributed by atoms with Crippen LogP contribution >= 0.6 is 12.2 Å². The number of hydrogen-bond acceptors (Lipinski definition) is 4. The van der Waals surface area contributed by atoms with Gasteiger partial charge >= 0.3 is 0 Å². The van der Waals surface area contributed by atoms with Gasteiger partial charge in [-0.25, -0.2) is 0 Å². The van der Waals surface area contributed by atoms with E-state index in [1.807, 2.05) is 6.07 Å². The molecule has 0 aromatic heterocycles. The Morgan fingerprint density at radius 1 is 1.53 bits per heavy atom. The van der Waals surface area contributed by atoms with Crippen LogP contribution in [0.5, 0.6) is 0 Å². The minimum Gasteiger partial charge on any atom is -0.508 e. The predicted octanol–water partition coefficient (Wildman–Crippen LogP) is 2.87. The minimum absolute atomic E-state index is 0.00951. The van der Waals surface area contributed by atoms with Gasteiger partial charge in [-0.3, -0.25) is 0 Å². The van der Waals surface area contributed by atoms with E-state index in [9.17, 15) is 5.11 Å². The van der Waals surface area contributed by atoms with E-state index in [1.54, 1.807) is 13.0 Å². The Kier molecular flexibility index (Phi) is 3.64. The van der Waals surface area contributed by atoms with Crippen LogP contribution in [0.15, 0.2) is 34.8 Å². The molecule has 2 N–H and O–H groups in total. The highest BCUT2D eigenvalue weighted by molar-refractivity contribution is 7.80. The van der Waals surface area contributed by atoms with Gasteiger partial charge in [0.25, 0.3) is 0 Å². The van der Waals surface area contributed by atoms with E-state index in [0.29, 0.717) is 23.3 Å². The van der Waals surface area contributed by atoms with Gasteiger partial charge in [-0.1, -0.05) is 12.2 Å². The van der Waals surface area contributed by atoms with Crippen molar-refractivity contribution in [3.8, 4) is 6.07 Å². The average Bonchev–Trinajstić information content (AvgIpc) is 2.19. The summed E-state index contributed by atoms with van der Waals surface area (Å²) in [6.07, 6.45) is 4.09. The van der Waals surface area contributed by atoms with Crippen molar-refractivity contribution in [2.24, 2.45) is 0 Å². The maximum atomic E-state index is 9.28. The van der Waals surface area contributed by atoms with E-state index >= 15 is 0 Å². The smallest absolute Gasteiger partial charge is 0.153 e. The van der Waals surface area contributed by atoms with Crippen molar-refractivity contribution in [3.05, 3.63) is 34.8 Å². The quantitative estimate of drug-likeness (QED) is 0.427. The van der Waals surface area contributed by atoms with Crippen molar-refractivity contribution in [2.45, 2.75) is 19.8 Å². The SMILES string of the molecule is CC(=S)/C(C#N)=C/C1=CC(O)=C(O)CC1. The van der Waals surface area contributed by atoms with Gasteiger partial charge in [-0.05, 0) is 31.1 Å². The Labute approximate surface area is 93.7 Å². The molecule has 0 unspecified atom stereocenters. The van der Waals surface area contributed by atoms with Crippen molar-refractivity contribution in [1.29, 1.82) is 5.26 Å². The first-order valence-corrected chi connectivity index (χ1v) is 4.90. The molecule has 3 nitrogen and oxygen atoms in total. The Morgan fingerprint density at radius 2 is 2.20 bits per heavy atom. The third-order valence-electron chi connectivity index (χ3n) is 2.10. The first-order chi connectivity index (χ1) is 7.04. The summed E-state index contributed by atoms with van der Waals surface area (Å²) in [7, 11) is 0. The first-order valence-electron chi connectivity index (χ1n) is 4.49. The van der Waals surface area contributed by atoms with Gasteiger partial charge in [0.15, 0.2) is 5.76 Å². The van der Waals surface area contributed by atoms with Gasteiger partial charge in [0.05, 0.1) is 5.57 Å². The topological polar surface area (TPSA) is 64.2 Å². The molecule has 0 aromatic carbocycles. The fraction of sp³-hybridized carbons (Fsp3) is 0.273. The van der Waals surface area contributed by atoms with E-state index in [-0.39, 0.29) is 11.5 Å².